The quantitative estimate of drug-likeness (QED) is 0.708. The monoisotopic (exact) mass is 378 g/mol. The second kappa shape index (κ2) is 7.97. The standard InChI is InChI=1S/C23H26N2O3/c1-16-12-19-13-18(6-8-20(19)25(16)2)15-24-23(26)5-3-4-17-7-9-21-22(14-17)28-11-10-27-21/h6-9,12-14H,3-5,10-11,15H2,1-2H3,(H,24,26). The molecule has 5 heteroatoms. The number of fused-ring (bicyclic) bond motifs is 2. The minimum atomic E-state index is 0.0851. The van der Waals surface area contributed by atoms with E-state index in [-0.39, 0.29) is 5.91 Å². The molecule has 0 bridgehead atoms. The Balaban J connectivity index is 1.26. The van der Waals surface area contributed by atoms with E-state index < -0.39 is 0 Å². The molecular formula is C23H26N2O3. The smallest absolute Gasteiger partial charge is 0.220 e. The van der Waals surface area contributed by atoms with Crippen molar-refractivity contribution in [3.05, 3.63) is 59.3 Å². The Morgan fingerprint density at radius 2 is 1.82 bits per heavy atom. The number of amides is 1. The number of nitrogens with one attached hydrogen (secondary N) is 1. The average Bonchev–Trinajstić information content (AvgIpc) is 2.99. The fourth-order valence-corrected chi connectivity index (χ4v) is 3.63. The lowest BCUT2D eigenvalue weighted by atomic mass is 10.1. The molecule has 4 rings (SSSR count). The highest BCUT2D eigenvalue weighted by Crippen LogP contribution is 2.31. The summed E-state index contributed by atoms with van der Waals surface area (Å²) in [4.78, 5) is 12.2. The topological polar surface area (TPSA) is 52.5 Å². The summed E-state index contributed by atoms with van der Waals surface area (Å²) in [5, 5.41) is 4.24. The summed E-state index contributed by atoms with van der Waals surface area (Å²) in [5.41, 5.74) is 4.74. The molecule has 0 fully saturated rings. The second-order valence-corrected chi connectivity index (χ2v) is 7.35. The summed E-state index contributed by atoms with van der Waals surface area (Å²) in [6, 6.07) is 14.5. The third-order valence-corrected chi connectivity index (χ3v) is 5.31. The van der Waals surface area contributed by atoms with Crippen molar-refractivity contribution in [1.82, 2.24) is 9.88 Å². The Morgan fingerprint density at radius 3 is 2.68 bits per heavy atom. The summed E-state index contributed by atoms with van der Waals surface area (Å²) in [7, 11) is 2.07. The van der Waals surface area contributed by atoms with Crippen LogP contribution in [0.25, 0.3) is 10.9 Å². The van der Waals surface area contributed by atoms with Crippen LogP contribution in [0, 0.1) is 6.92 Å². The van der Waals surface area contributed by atoms with Crippen molar-refractivity contribution in [1.29, 1.82) is 0 Å². The molecule has 0 saturated carbocycles. The van der Waals surface area contributed by atoms with E-state index in [1.807, 2.05) is 18.2 Å². The van der Waals surface area contributed by atoms with Gasteiger partial charge in [0.05, 0.1) is 0 Å². The van der Waals surface area contributed by atoms with Gasteiger partial charge < -0.3 is 19.4 Å². The maximum absolute atomic E-state index is 12.2. The van der Waals surface area contributed by atoms with Crippen LogP contribution < -0.4 is 14.8 Å². The summed E-state index contributed by atoms with van der Waals surface area (Å²) in [6.45, 7) is 3.85. The van der Waals surface area contributed by atoms with Gasteiger partial charge in [-0.3, -0.25) is 4.79 Å². The van der Waals surface area contributed by atoms with E-state index in [1.54, 1.807) is 0 Å². The first-order chi connectivity index (χ1) is 13.6. The molecule has 2 aromatic carbocycles. The molecular weight excluding hydrogens is 352 g/mol. The summed E-state index contributed by atoms with van der Waals surface area (Å²) in [5.74, 6) is 1.69. The summed E-state index contributed by atoms with van der Waals surface area (Å²) >= 11 is 0. The van der Waals surface area contributed by atoms with Crippen molar-refractivity contribution in [2.75, 3.05) is 13.2 Å². The third-order valence-electron chi connectivity index (χ3n) is 5.31. The molecule has 2 heterocycles. The van der Waals surface area contributed by atoms with Gasteiger partial charge in [0.25, 0.3) is 0 Å². The van der Waals surface area contributed by atoms with Gasteiger partial charge in [-0.1, -0.05) is 12.1 Å². The summed E-state index contributed by atoms with van der Waals surface area (Å²) < 4.78 is 13.3. The van der Waals surface area contributed by atoms with Gasteiger partial charge in [0.1, 0.15) is 13.2 Å². The highest BCUT2D eigenvalue weighted by molar-refractivity contribution is 5.82. The van der Waals surface area contributed by atoms with Gasteiger partial charge >= 0.3 is 0 Å². The molecule has 1 N–H and O–H groups in total. The fourth-order valence-electron chi connectivity index (χ4n) is 3.63. The molecule has 3 aromatic rings. The molecule has 0 saturated heterocycles. The van der Waals surface area contributed by atoms with Crippen molar-refractivity contribution in [2.24, 2.45) is 7.05 Å². The Morgan fingerprint density at radius 1 is 1.04 bits per heavy atom. The van der Waals surface area contributed by atoms with E-state index in [1.165, 1.54) is 22.2 Å². The van der Waals surface area contributed by atoms with Crippen LogP contribution in [0.1, 0.15) is 29.7 Å². The molecule has 1 aliphatic rings. The van der Waals surface area contributed by atoms with Crippen LogP contribution in [0.3, 0.4) is 0 Å². The van der Waals surface area contributed by atoms with Gasteiger partial charge in [-0.15, -0.1) is 0 Å². The van der Waals surface area contributed by atoms with Crippen LogP contribution in [0.15, 0.2) is 42.5 Å². The van der Waals surface area contributed by atoms with Gasteiger partial charge in [0.2, 0.25) is 5.91 Å². The van der Waals surface area contributed by atoms with Gasteiger partial charge in [0.15, 0.2) is 11.5 Å². The highest BCUT2D eigenvalue weighted by Gasteiger charge is 2.12. The van der Waals surface area contributed by atoms with Crippen LogP contribution in [-0.4, -0.2) is 23.7 Å². The average molecular weight is 378 g/mol. The van der Waals surface area contributed by atoms with E-state index in [9.17, 15) is 4.79 Å². The predicted molar refractivity (Wildman–Crippen MR) is 110 cm³/mol. The molecule has 28 heavy (non-hydrogen) atoms. The van der Waals surface area contributed by atoms with Crippen molar-refractivity contribution >= 4 is 16.8 Å². The number of carbonyl (C=O) groups excluding carboxylic acids is 1. The van der Waals surface area contributed by atoms with E-state index in [0.717, 1.165) is 29.9 Å². The molecule has 146 valence electrons. The lowest BCUT2D eigenvalue weighted by Crippen LogP contribution is -2.22. The zero-order chi connectivity index (χ0) is 19.5. The lowest BCUT2D eigenvalue weighted by molar-refractivity contribution is -0.121. The number of ether oxygens (including phenoxy) is 2. The molecule has 0 aliphatic carbocycles. The first-order valence-corrected chi connectivity index (χ1v) is 9.80. The van der Waals surface area contributed by atoms with Crippen LogP contribution in [-0.2, 0) is 24.8 Å². The number of aromatic nitrogens is 1. The van der Waals surface area contributed by atoms with Gasteiger partial charge in [-0.05, 0) is 61.2 Å². The van der Waals surface area contributed by atoms with Gasteiger partial charge in [-0.25, -0.2) is 0 Å². The number of carbonyl (C=O) groups is 1. The van der Waals surface area contributed by atoms with Crippen LogP contribution in [0.2, 0.25) is 0 Å². The number of hydrogen-bond acceptors (Lipinski definition) is 3. The van der Waals surface area contributed by atoms with Crippen LogP contribution in [0.5, 0.6) is 11.5 Å². The Labute approximate surface area is 165 Å². The zero-order valence-corrected chi connectivity index (χ0v) is 16.5. The van der Waals surface area contributed by atoms with E-state index in [0.29, 0.717) is 26.2 Å². The second-order valence-electron chi connectivity index (χ2n) is 7.35. The minimum Gasteiger partial charge on any atom is -0.486 e. The van der Waals surface area contributed by atoms with Crippen molar-refractivity contribution < 1.29 is 14.3 Å². The van der Waals surface area contributed by atoms with Crippen molar-refractivity contribution in [3.63, 3.8) is 0 Å². The Hall–Kier alpha value is -2.95. The number of benzene rings is 2. The normalized spacial score (nSPS) is 12.9. The summed E-state index contributed by atoms with van der Waals surface area (Å²) in [6.07, 6.45) is 2.17. The van der Waals surface area contributed by atoms with Gasteiger partial charge in [0, 0.05) is 36.6 Å². The third kappa shape index (κ3) is 3.98. The number of hydrogen-bond donors (Lipinski definition) is 1. The zero-order valence-electron chi connectivity index (χ0n) is 16.5. The first-order valence-electron chi connectivity index (χ1n) is 9.80. The first kappa shape index (κ1) is 18.4. The fraction of sp³-hybridized carbons (Fsp3) is 0.348. The highest BCUT2D eigenvalue weighted by atomic mass is 16.6. The van der Waals surface area contributed by atoms with Crippen molar-refractivity contribution in [3.8, 4) is 11.5 Å². The molecule has 0 spiro atoms. The molecule has 0 atom stereocenters. The maximum Gasteiger partial charge on any atom is 0.220 e. The molecule has 1 aliphatic heterocycles. The number of aryl methyl sites for hydroxylation is 3. The molecule has 1 aromatic heterocycles. The Bertz CT molecular complexity index is 1010. The Kier molecular flexibility index (Phi) is 5.24. The molecule has 5 nitrogen and oxygen atoms in total. The number of rotatable bonds is 6. The SMILES string of the molecule is Cc1cc2cc(CNC(=O)CCCc3ccc4c(c3)OCCO4)ccc2n1C. The van der Waals surface area contributed by atoms with E-state index >= 15 is 0 Å². The molecule has 1 amide bonds. The lowest BCUT2D eigenvalue weighted by Gasteiger charge is -2.18. The molecule has 0 radical (unpaired) electrons. The van der Waals surface area contributed by atoms with Crippen LogP contribution >= 0.6 is 0 Å². The largest absolute Gasteiger partial charge is 0.486 e. The van der Waals surface area contributed by atoms with Gasteiger partial charge in [-0.2, -0.15) is 0 Å². The van der Waals surface area contributed by atoms with Crippen LogP contribution in [0.4, 0.5) is 0 Å². The maximum atomic E-state index is 12.2. The van der Waals surface area contributed by atoms with E-state index in [2.05, 4.69) is 48.1 Å². The van der Waals surface area contributed by atoms with E-state index in [4.69, 9.17) is 9.47 Å². The number of nitrogens with zero attached hydrogens (tertiary/aromatic N) is 1. The minimum absolute atomic E-state index is 0.0851. The van der Waals surface area contributed by atoms with Crippen molar-refractivity contribution in [2.45, 2.75) is 32.7 Å². The molecule has 0 unspecified atom stereocenters. The predicted octanol–water partition coefficient (Wildman–Crippen LogP) is 3.90.